The molecule has 6 nitrogen and oxygen atoms in total. The largest absolute Gasteiger partial charge is 0.345 e. The molecule has 0 saturated carbocycles. The van der Waals surface area contributed by atoms with Crippen LogP contribution in [-0.4, -0.2) is 61.5 Å². The monoisotopic (exact) mass is 302 g/mol. The third-order valence-corrected chi connectivity index (χ3v) is 4.42. The molecule has 0 aliphatic carbocycles. The van der Waals surface area contributed by atoms with Gasteiger partial charge in [-0.25, -0.2) is 4.79 Å². The summed E-state index contributed by atoms with van der Waals surface area (Å²) in [5, 5.41) is 6.30. The maximum atomic E-state index is 12.5. The molecule has 2 aliphatic rings. The number of urea groups is 1. The van der Waals surface area contributed by atoms with E-state index in [1.807, 2.05) is 42.3 Å². The standard InChI is InChI=1S/C16H22N4O2/c1-19-11-16(9-14(19)21)10-17-7-8-20(12-16)15(22)18-13-5-3-2-4-6-13/h2-6,17H,7-12H2,1H3,(H,18,22). The molecule has 1 aromatic rings. The van der Waals surface area contributed by atoms with E-state index in [1.54, 1.807) is 4.90 Å². The summed E-state index contributed by atoms with van der Waals surface area (Å²) in [6.45, 7) is 3.49. The number of rotatable bonds is 1. The van der Waals surface area contributed by atoms with Crippen molar-refractivity contribution in [2.75, 3.05) is 45.1 Å². The molecule has 1 aromatic carbocycles. The lowest BCUT2D eigenvalue weighted by Gasteiger charge is -2.31. The van der Waals surface area contributed by atoms with Gasteiger partial charge in [-0.2, -0.15) is 0 Å². The van der Waals surface area contributed by atoms with Gasteiger partial charge in [0.15, 0.2) is 0 Å². The molecule has 22 heavy (non-hydrogen) atoms. The minimum Gasteiger partial charge on any atom is -0.345 e. The van der Waals surface area contributed by atoms with E-state index >= 15 is 0 Å². The SMILES string of the molecule is CN1CC2(CNCCN(C(=O)Nc3ccccc3)C2)CC1=O. The predicted molar refractivity (Wildman–Crippen MR) is 84.6 cm³/mol. The number of carbonyl (C=O) groups excluding carboxylic acids is 2. The molecule has 0 bridgehead atoms. The average molecular weight is 302 g/mol. The summed E-state index contributed by atoms with van der Waals surface area (Å²) in [5.41, 5.74) is 0.620. The lowest BCUT2D eigenvalue weighted by atomic mass is 9.86. The van der Waals surface area contributed by atoms with Gasteiger partial charge in [0.2, 0.25) is 5.91 Å². The van der Waals surface area contributed by atoms with Crippen molar-refractivity contribution < 1.29 is 9.59 Å². The van der Waals surface area contributed by atoms with E-state index < -0.39 is 0 Å². The third-order valence-electron chi connectivity index (χ3n) is 4.42. The molecule has 1 spiro atoms. The smallest absolute Gasteiger partial charge is 0.321 e. The first-order valence-electron chi connectivity index (χ1n) is 7.64. The van der Waals surface area contributed by atoms with Gasteiger partial charge >= 0.3 is 6.03 Å². The molecule has 118 valence electrons. The van der Waals surface area contributed by atoms with Crippen molar-refractivity contribution in [2.24, 2.45) is 5.41 Å². The first-order valence-corrected chi connectivity index (χ1v) is 7.64. The number of hydrogen-bond acceptors (Lipinski definition) is 3. The zero-order chi connectivity index (χ0) is 15.6. The van der Waals surface area contributed by atoms with Crippen molar-refractivity contribution in [3.63, 3.8) is 0 Å². The van der Waals surface area contributed by atoms with Crippen LogP contribution in [0.15, 0.2) is 30.3 Å². The Labute approximate surface area is 130 Å². The number of nitrogens with zero attached hydrogens (tertiary/aromatic N) is 2. The van der Waals surface area contributed by atoms with Crippen molar-refractivity contribution >= 4 is 17.6 Å². The van der Waals surface area contributed by atoms with Crippen LogP contribution in [0, 0.1) is 5.41 Å². The number of amides is 3. The minimum absolute atomic E-state index is 0.101. The summed E-state index contributed by atoms with van der Waals surface area (Å²) >= 11 is 0. The Bertz CT molecular complexity index is 563. The van der Waals surface area contributed by atoms with Gasteiger partial charge in [0.05, 0.1) is 0 Å². The Hall–Kier alpha value is -2.08. The summed E-state index contributed by atoms with van der Waals surface area (Å²) in [7, 11) is 1.83. The number of nitrogens with one attached hydrogen (secondary N) is 2. The van der Waals surface area contributed by atoms with E-state index in [4.69, 9.17) is 0 Å². The molecule has 0 aromatic heterocycles. The summed E-state index contributed by atoms with van der Waals surface area (Å²) in [4.78, 5) is 28.0. The van der Waals surface area contributed by atoms with Crippen LogP contribution in [0.3, 0.4) is 0 Å². The highest BCUT2D eigenvalue weighted by atomic mass is 16.2. The molecule has 2 N–H and O–H groups in total. The molecule has 2 saturated heterocycles. The third kappa shape index (κ3) is 3.06. The second-order valence-corrected chi connectivity index (χ2v) is 6.32. The van der Waals surface area contributed by atoms with Crippen molar-refractivity contribution in [2.45, 2.75) is 6.42 Å². The molecule has 1 unspecified atom stereocenters. The highest BCUT2D eigenvalue weighted by Gasteiger charge is 2.44. The van der Waals surface area contributed by atoms with E-state index in [0.29, 0.717) is 26.1 Å². The van der Waals surface area contributed by atoms with Crippen molar-refractivity contribution in [3.05, 3.63) is 30.3 Å². The highest BCUT2D eigenvalue weighted by molar-refractivity contribution is 5.89. The molecule has 1 atom stereocenters. The van der Waals surface area contributed by atoms with Crippen LogP contribution in [0.25, 0.3) is 0 Å². The van der Waals surface area contributed by atoms with E-state index in [-0.39, 0.29) is 17.4 Å². The van der Waals surface area contributed by atoms with Gasteiger partial charge in [0.1, 0.15) is 0 Å². The summed E-state index contributed by atoms with van der Waals surface area (Å²) in [6.07, 6.45) is 0.506. The highest BCUT2D eigenvalue weighted by Crippen LogP contribution is 2.32. The van der Waals surface area contributed by atoms with Crippen LogP contribution in [0.5, 0.6) is 0 Å². The number of anilines is 1. The first kappa shape index (κ1) is 14.8. The van der Waals surface area contributed by atoms with E-state index in [9.17, 15) is 9.59 Å². The molecule has 3 rings (SSSR count). The summed E-state index contributed by atoms with van der Waals surface area (Å²) in [6, 6.07) is 9.35. The molecule has 3 amide bonds. The Balaban J connectivity index is 1.70. The Kier molecular flexibility index (Phi) is 4.02. The van der Waals surface area contributed by atoms with E-state index in [2.05, 4.69) is 10.6 Å². The maximum Gasteiger partial charge on any atom is 0.321 e. The summed E-state index contributed by atoms with van der Waals surface area (Å²) in [5.74, 6) is 0.159. The first-order chi connectivity index (χ1) is 10.6. The fraction of sp³-hybridized carbons (Fsp3) is 0.500. The lowest BCUT2D eigenvalue weighted by Crippen LogP contribution is -2.45. The zero-order valence-electron chi connectivity index (χ0n) is 12.8. The van der Waals surface area contributed by atoms with Crippen LogP contribution < -0.4 is 10.6 Å². The minimum atomic E-state index is -0.170. The lowest BCUT2D eigenvalue weighted by molar-refractivity contribution is -0.126. The van der Waals surface area contributed by atoms with Crippen molar-refractivity contribution in [1.29, 1.82) is 0 Å². The number of carbonyl (C=O) groups is 2. The maximum absolute atomic E-state index is 12.5. The molecule has 2 aliphatic heterocycles. The molecule has 6 heteroatoms. The van der Waals surface area contributed by atoms with Crippen LogP contribution in [0.1, 0.15) is 6.42 Å². The molecule has 2 fully saturated rings. The zero-order valence-corrected chi connectivity index (χ0v) is 12.8. The quantitative estimate of drug-likeness (QED) is 0.812. The van der Waals surface area contributed by atoms with E-state index in [1.165, 1.54) is 0 Å². The fourth-order valence-electron chi connectivity index (χ4n) is 3.33. The van der Waals surface area contributed by atoms with Crippen LogP contribution in [0.2, 0.25) is 0 Å². The molecule has 0 radical (unpaired) electrons. The van der Waals surface area contributed by atoms with Gasteiger partial charge in [-0.15, -0.1) is 0 Å². The number of para-hydroxylation sites is 1. The van der Waals surface area contributed by atoms with E-state index in [0.717, 1.165) is 18.8 Å². The molecular weight excluding hydrogens is 280 g/mol. The van der Waals surface area contributed by atoms with Gasteiger partial charge in [-0.05, 0) is 12.1 Å². The topological polar surface area (TPSA) is 64.7 Å². The second-order valence-electron chi connectivity index (χ2n) is 6.32. The van der Waals surface area contributed by atoms with Crippen LogP contribution in [-0.2, 0) is 4.79 Å². The Morgan fingerprint density at radius 3 is 2.73 bits per heavy atom. The van der Waals surface area contributed by atoms with Gasteiger partial charge in [-0.1, -0.05) is 18.2 Å². The van der Waals surface area contributed by atoms with Gasteiger partial charge < -0.3 is 20.4 Å². The van der Waals surface area contributed by atoms with Crippen LogP contribution >= 0.6 is 0 Å². The molecular formula is C16H22N4O2. The Morgan fingerprint density at radius 2 is 2.05 bits per heavy atom. The van der Waals surface area contributed by atoms with Gasteiger partial charge in [-0.3, -0.25) is 4.79 Å². The van der Waals surface area contributed by atoms with Gasteiger partial charge in [0.25, 0.3) is 0 Å². The number of benzene rings is 1. The molecule has 2 heterocycles. The predicted octanol–water partition coefficient (Wildman–Crippen LogP) is 0.972. The van der Waals surface area contributed by atoms with Gasteiger partial charge in [0, 0.05) is 57.3 Å². The van der Waals surface area contributed by atoms with Crippen molar-refractivity contribution in [3.8, 4) is 0 Å². The van der Waals surface area contributed by atoms with Crippen LogP contribution in [0.4, 0.5) is 10.5 Å². The fourth-order valence-corrected chi connectivity index (χ4v) is 3.33. The average Bonchev–Trinajstić information content (AvgIpc) is 2.67. The second kappa shape index (κ2) is 5.96. The number of hydrogen-bond donors (Lipinski definition) is 2. The normalized spacial score (nSPS) is 25.4. The van der Waals surface area contributed by atoms with Crippen molar-refractivity contribution in [1.82, 2.24) is 15.1 Å². The Morgan fingerprint density at radius 1 is 1.27 bits per heavy atom. The number of likely N-dealkylation sites (tertiary alicyclic amines) is 1. The summed E-state index contributed by atoms with van der Waals surface area (Å²) < 4.78 is 0.